The van der Waals surface area contributed by atoms with Gasteiger partial charge in [-0.05, 0) is 23.8 Å². The highest BCUT2D eigenvalue weighted by atomic mass is 79.9. The van der Waals surface area contributed by atoms with E-state index in [1.165, 1.54) is 14.2 Å². The average molecular weight is 510 g/mol. The highest BCUT2D eigenvalue weighted by molar-refractivity contribution is 6.16. The zero-order valence-electron chi connectivity index (χ0n) is 18.6. The smallest absolute Gasteiger partial charge is 0.344 e. The number of benzene rings is 2. The van der Waals surface area contributed by atoms with Crippen LogP contribution in [0.2, 0.25) is 0 Å². The summed E-state index contributed by atoms with van der Waals surface area (Å²) >= 11 is 0. The highest BCUT2D eigenvalue weighted by Gasteiger charge is 2.28. The van der Waals surface area contributed by atoms with E-state index in [-0.39, 0.29) is 22.8 Å². The van der Waals surface area contributed by atoms with E-state index in [2.05, 4.69) is 0 Å². The van der Waals surface area contributed by atoms with Gasteiger partial charge in [-0.2, -0.15) is 4.57 Å². The van der Waals surface area contributed by atoms with Gasteiger partial charge in [0.25, 0.3) is 0 Å². The molecule has 0 spiro atoms. The van der Waals surface area contributed by atoms with Crippen molar-refractivity contribution in [3.05, 3.63) is 94.3 Å². The molecule has 170 valence electrons. The van der Waals surface area contributed by atoms with Crippen molar-refractivity contribution in [2.45, 2.75) is 13.0 Å². The van der Waals surface area contributed by atoms with E-state index in [9.17, 15) is 9.59 Å². The third-order valence-corrected chi connectivity index (χ3v) is 5.52. The van der Waals surface area contributed by atoms with Gasteiger partial charge in [-0.1, -0.05) is 30.3 Å². The number of hydrogen-bond acceptors (Lipinski definition) is 5. The van der Waals surface area contributed by atoms with Crippen molar-refractivity contribution < 1.29 is 45.3 Å². The largest absolute Gasteiger partial charge is 1.00 e. The Hall–Kier alpha value is -3.45. The second-order valence-corrected chi connectivity index (χ2v) is 7.50. The second kappa shape index (κ2) is 10.4. The van der Waals surface area contributed by atoms with Crippen molar-refractivity contribution in [2.24, 2.45) is 0 Å². The second-order valence-electron chi connectivity index (χ2n) is 7.50. The highest BCUT2D eigenvalue weighted by Crippen LogP contribution is 2.37. The number of nitrogens with zero attached hydrogens (tertiary/aromatic N) is 1. The Labute approximate surface area is 203 Å². The Bertz CT molecular complexity index is 1220. The van der Waals surface area contributed by atoms with Gasteiger partial charge >= 0.3 is 5.97 Å². The van der Waals surface area contributed by atoms with Gasteiger partial charge in [-0.15, -0.1) is 0 Å². The van der Waals surface area contributed by atoms with Gasteiger partial charge in [0.05, 0.1) is 21.3 Å². The lowest BCUT2D eigenvalue weighted by molar-refractivity contribution is -0.688. The average Bonchev–Trinajstić information content (AvgIpc) is 3.13. The van der Waals surface area contributed by atoms with E-state index in [0.29, 0.717) is 46.7 Å². The zero-order valence-corrected chi connectivity index (χ0v) is 20.2. The number of fused-ring (bicyclic) bond motifs is 1. The predicted molar refractivity (Wildman–Crippen MR) is 119 cm³/mol. The number of carbonyl (C=O) groups excluding carboxylic acids is 2. The quantitative estimate of drug-likeness (QED) is 0.277. The number of ketones is 1. The molecule has 0 aliphatic heterocycles. The molecule has 3 aromatic rings. The number of pyridine rings is 1. The number of methoxy groups -OCH3 is 3. The Morgan fingerprint density at radius 1 is 1.03 bits per heavy atom. The van der Waals surface area contributed by atoms with Crippen molar-refractivity contribution in [1.82, 2.24) is 0 Å². The molecular formula is C26H24BrNO5. The van der Waals surface area contributed by atoms with Gasteiger partial charge < -0.3 is 31.2 Å². The normalized spacial score (nSPS) is 13.3. The van der Waals surface area contributed by atoms with Crippen LogP contribution in [0.5, 0.6) is 11.5 Å². The molecule has 0 fully saturated rings. The van der Waals surface area contributed by atoms with E-state index < -0.39 is 5.97 Å². The maximum Gasteiger partial charge on any atom is 0.344 e. The predicted octanol–water partition coefficient (Wildman–Crippen LogP) is 0.653. The van der Waals surface area contributed by atoms with E-state index in [4.69, 9.17) is 14.2 Å². The van der Waals surface area contributed by atoms with Crippen LogP contribution in [0.15, 0.2) is 66.5 Å². The Morgan fingerprint density at radius 2 is 1.73 bits per heavy atom. The number of aromatic nitrogens is 1. The number of halogens is 1. The fraction of sp³-hybridized carbons (Fsp3) is 0.192. The molecule has 0 N–H and O–H groups in total. The fourth-order valence-corrected chi connectivity index (χ4v) is 3.89. The number of allylic oxidation sites excluding steroid dienone is 1. The number of hydrogen-bond donors (Lipinski definition) is 0. The summed E-state index contributed by atoms with van der Waals surface area (Å²) in [6, 6.07) is 15.3. The summed E-state index contributed by atoms with van der Waals surface area (Å²) in [7, 11) is 4.45. The molecule has 4 rings (SSSR count). The molecule has 1 aliphatic carbocycles. The Morgan fingerprint density at radius 3 is 2.39 bits per heavy atom. The molecule has 7 heteroatoms. The molecule has 2 aromatic carbocycles. The van der Waals surface area contributed by atoms with Gasteiger partial charge in [-0.25, -0.2) is 4.79 Å². The van der Waals surface area contributed by atoms with Gasteiger partial charge in [0.2, 0.25) is 0 Å². The standard InChI is InChI=1S/C26H24NO5.BrH/c1-30-23-13-19-12-20(25(28)21(19)14-24(23)31-2)11-18-9-10-27(16-22(18)26(29)32-3)15-17-7-5-4-6-8-17;/h4-11,13-14,16H,12,15H2,1-3H3;1H/q+1;/p-1. The van der Waals surface area contributed by atoms with E-state index >= 15 is 0 Å². The van der Waals surface area contributed by atoms with Crippen LogP contribution in [0, 0.1) is 0 Å². The van der Waals surface area contributed by atoms with Crippen LogP contribution >= 0.6 is 0 Å². The van der Waals surface area contributed by atoms with Crippen LogP contribution in [0.25, 0.3) is 6.08 Å². The van der Waals surface area contributed by atoms with Crippen LogP contribution < -0.4 is 31.0 Å². The number of ether oxygens (including phenoxy) is 3. The number of carbonyl (C=O) groups is 2. The Kier molecular flexibility index (Phi) is 7.66. The van der Waals surface area contributed by atoms with Gasteiger partial charge in [0, 0.05) is 34.8 Å². The number of rotatable bonds is 6. The lowest BCUT2D eigenvalue weighted by Gasteiger charge is -2.08. The first-order chi connectivity index (χ1) is 15.5. The van der Waals surface area contributed by atoms with Crippen molar-refractivity contribution in [2.75, 3.05) is 21.3 Å². The topological polar surface area (TPSA) is 65.7 Å². The Balaban J connectivity index is 0.00000306. The molecule has 6 nitrogen and oxygen atoms in total. The molecule has 0 bridgehead atoms. The van der Waals surface area contributed by atoms with E-state index in [1.54, 1.807) is 25.4 Å². The van der Waals surface area contributed by atoms with Crippen LogP contribution in [0.4, 0.5) is 0 Å². The zero-order chi connectivity index (χ0) is 22.7. The third-order valence-electron chi connectivity index (χ3n) is 5.52. The molecule has 33 heavy (non-hydrogen) atoms. The fourth-order valence-electron chi connectivity index (χ4n) is 3.89. The summed E-state index contributed by atoms with van der Waals surface area (Å²) < 4.78 is 17.6. The summed E-state index contributed by atoms with van der Waals surface area (Å²) in [4.78, 5) is 25.5. The maximum absolute atomic E-state index is 13.0. The molecule has 0 radical (unpaired) electrons. The lowest BCUT2D eigenvalue weighted by atomic mass is 10.0. The van der Waals surface area contributed by atoms with Crippen LogP contribution in [0.3, 0.4) is 0 Å². The summed E-state index contributed by atoms with van der Waals surface area (Å²) in [6.45, 7) is 0.617. The minimum absolute atomic E-state index is 0. The molecule has 1 aliphatic rings. The molecular weight excluding hydrogens is 486 g/mol. The first-order valence-corrected chi connectivity index (χ1v) is 10.2. The number of Topliss-reactive ketones (excluding diaryl/α,β-unsaturated/α-hetero) is 1. The monoisotopic (exact) mass is 509 g/mol. The molecule has 1 heterocycles. The molecule has 1 aromatic heterocycles. The van der Waals surface area contributed by atoms with Crippen molar-refractivity contribution in [1.29, 1.82) is 0 Å². The SMILES string of the molecule is COC(=O)c1c[n+](Cc2ccccc2)ccc1C=C1Cc2cc(OC)c(OC)cc2C1=O.[Br-]. The maximum atomic E-state index is 13.0. The van der Waals surface area contributed by atoms with Crippen LogP contribution in [0.1, 0.15) is 37.4 Å². The molecule has 0 saturated carbocycles. The summed E-state index contributed by atoms with van der Waals surface area (Å²) in [5.41, 5.74) is 4.20. The molecule has 0 amide bonds. The van der Waals surface area contributed by atoms with Crippen LogP contribution in [-0.4, -0.2) is 33.1 Å². The van der Waals surface area contributed by atoms with Crippen molar-refractivity contribution >= 4 is 17.8 Å². The van der Waals surface area contributed by atoms with Gasteiger partial charge in [-0.3, -0.25) is 4.79 Å². The van der Waals surface area contributed by atoms with E-state index in [0.717, 1.165) is 11.1 Å². The molecule has 0 atom stereocenters. The summed E-state index contributed by atoms with van der Waals surface area (Å²) in [5, 5.41) is 0. The summed E-state index contributed by atoms with van der Waals surface area (Å²) in [6.07, 6.45) is 5.86. The van der Waals surface area contributed by atoms with Crippen molar-refractivity contribution in [3.63, 3.8) is 0 Å². The van der Waals surface area contributed by atoms with Crippen LogP contribution in [-0.2, 0) is 17.7 Å². The number of esters is 1. The first-order valence-electron chi connectivity index (χ1n) is 10.2. The minimum Gasteiger partial charge on any atom is -1.00 e. The lowest BCUT2D eigenvalue weighted by Crippen LogP contribution is -3.00. The summed E-state index contributed by atoms with van der Waals surface area (Å²) in [5.74, 6) is 0.554. The van der Waals surface area contributed by atoms with Crippen molar-refractivity contribution in [3.8, 4) is 11.5 Å². The van der Waals surface area contributed by atoms with Gasteiger partial charge in [0.1, 0.15) is 5.56 Å². The molecule has 0 saturated heterocycles. The molecule has 0 unspecified atom stereocenters. The van der Waals surface area contributed by atoms with Gasteiger partial charge in [0.15, 0.2) is 36.2 Å². The van der Waals surface area contributed by atoms with E-state index in [1.807, 2.05) is 53.2 Å². The third kappa shape index (κ3) is 4.98. The minimum atomic E-state index is -0.453. The first kappa shape index (κ1) is 24.2.